The summed E-state index contributed by atoms with van der Waals surface area (Å²) in [6.45, 7) is 0.297. The number of para-hydroxylation sites is 1. The third-order valence-electron chi connectivity index (χ3n) is 4.13. The van der Waals surface area contributed by atoms with Gasteiger partial charge in [0.15, 0.2) is 0 Å². The van der Waals surface area contributed by atoms with Gasteiger partial charge in [0.25, 0.3) is 15.9 Å². The minimum atomic E-state index is -3.98. The number of anilines is 1. The number of carbonyl (C=O) groups is 1. The van der Waals surface area contributed by atoms with Crippen LogP contribution in [0.4, 0.5) is 10.1 Å². The van der Waals surface area contributed by atoms with Crippen molar-refractivity contribution in [2.75, 3.05) is 11.8 Å². The second-order valence-electron chi connectivity index (χ2n) is 6.14. The van der Waals surface area contributed by atoms with Crippen LogP contribution in [-0.4, -0.2) is 21.4 Å². The molecule has 0 radical (unpaired) electrons. The standard InChI is InChI=1S/C21H19FN2O4S/c1-28-17-6-4-5-15(13-17)14-23-21(25)16-9-11-18(12-10-16)29(26,27)24-20-8-3-2-7-19(20)22/h2-13,24H,14H2,1H3,(H,23,25). The molecule has 0 saturated heterocycles. The second kappa shape index (κ2) is 8.74. The van der Waals surface area contributed by atoms with Crippen molar-refractivity contribution < 1.29 is 22.3 Å². The highest BCUT2D eigenvalue weighted by molar-refractivity contribution is 7.92. The first-order valence-corrected chi connectivity index (χ1v) is 10.2. The largest absolute Gasteiger partial charge is 0.497 e. The summed E-state index contributed by atoms with van der Waals surface area (Å²) < 4.78 is 45.9. The molecule has 0 spiro atoms. The van der Waals surface area contributed by atoms with Gasteiger partial charge in [-0.1, -0.05) is 24.3 Å². The number of sulfonamides is 1. The summed E-state index contributed by atoms with van der Waals surface area (Å²) in [6.07, 6.45) is 0. The maximum atomic E-state index is 13.7. The Morgan fingerprint density at radius 2 is 1.72 bits per heavy atom. The van der Waals surface area contributed by atoms with E-state index >= 15 is 0 Å². The lowest BCUT2D eigenvalue weighted by Crippen LogP contribution is -2.23. The molecule has 2 N–H and O–H groups in total. The number of carbonyl (C=O) groups excluding carboxylic acids is 1. The Morgan fingerprint density at radius 3 is 2.41 bits per heavy atom. The van der Waals surface area contributed by atoms with Gasteiger partial charge in [-0.25, -0.2) is 12.8 Å². The summed E-state index contributed by atoms with van der Waals surface area (Å²) in [5.41, 5.74) is 1.02. The summed E-state index contributed by atoms with van der Waals surface area (Å²) in [5.74, 6) is -0.336. The predicted octanol–water partition coefficient (Wildman–Crippen LogP) is 3.57. The van der Waals surface area contributed by atoms with E-state index in [-0.39, 0.29) is 16.5 Å². The van der Waals surface area contributed by atoms with Crippen molar-refractivity contribution in [1.82, 2.24) is 5.32 Å². The van der Waals surface area contributed by atoms with Crippen LogP contribution in [0.2, 0.25) is 0 Å². The fraction of sp³-hybridized carbons (Fsp3) is 0.0952. The van der Waals surface area contributed by atoms with E-state index in [1.807, 2.05) is 18.2 Å². The van der Waals surface area contributed by atoms with Crippen molar-refractivity contribution in [2.24, 2.45) is 0 Å². The number of rotatable bonds is 7. The van der Waals surface area contributed by atoms with Crippen molar-refractivity contribution >= 4 is 21.6 Å². The molecule has 1 amide bonds. The average molecular weight is 414 g/mol. The van der Waals surface area contributed by atoms with Crippen molar-refractivity contribution in [3.8, 4) is 5.75 Å². The first-order chi connectivity index (χ1) is 13.9. The van der Waals surface area contributed by atoms with Gasteiger partial charge in [0.05, 0.1) is 17.7 Å². The van der Waals surface area contributed by atoms with Crippen LogP contribution >= 0.6 is 0 Å². The van der Waals surface area contributed by atoms with E-state index in [0.717, 1.165) is 11.6 Å². The van der Waals surface area contributed by atoms with Crippen LogP contribution in [0, 0.1) is 5.82 Å². The Bertz CT molecular complexity index is 1120. The average Bonchev–Trinajstić information content (AvgIpc) is 2.74. The molecule has 0 aliphatic rings. The van der Waals surface area contributed by atoms with Gasteiger partial charge in [0.2, 0.25) is 0 Å². The van der Waals surface area contributed by atoms with Gasteiger partial charge < -0.3 is 10.1 Å². The lowest BCUT2D eigenvalue weighted by Gasteiger charge is -2.10. The van der Waals surface area contributed by atoms with Gasteiger partial charge >= 0.3 is 0 Å². The van der Waals surface area contributed by atoms with Crippen LogP contribution in [0.15, 0.2) is 77.7 Å². The van der Waals surface area contributed by atoms with E-state index in [2.05, 4.69) is 10.0 Å². The number of amides is 1. The van der Waals surface area contributed by atoms with Crippen LogP contribution in [0.5, 0.6) is 5.75 Å². The molecule has 150 valence electrons. The van der Waals surface area contributed by atoms with Gasteiger partial charge in [0, 0.05) is 12.1 Å². The third-order valence-corrected chi connectivity index (χ3v) is 5.51. The Morgan fingerprint density at radius 1 is 1.00 bits per heavy atom. The number of hydrogen-bond acceptors (Lipinski definition) is 4. The molecule has 0 bridgehead atoms. The highest BCUT2D eigenvalue weighted by Gasteiger charge is 2.17. The number of nitrogens with one attached hydrogen (secondary N) is 2. The van der Waals surface area contributed by atoms with Crippen molar-refractivity contribution in [1.29, 1.82) is 0 Å². The molecule has 3 aromatic carbocycles. The fourth-order valence-corrected chi connectivity index (χ4v) is 3.67. The summed E-state index contributed by atoms with van der Waals surface area (Å²) in [4.78, 5) is 12.2. The van der Waals surface area contributed by atoms with Crippen molar-refractivity contribution in [3.63, 3.8) is 0 Å². The Labute approximate surface area is 168 Å². The third kappa shape index (κ3) is 5.11. The fourth-order valence-electron chi connectivity index (χ4n) is 2.60. The summed E-state index contributed by atoms with van der Waals surface area (Å²) in [5, 5.41) is 2.76. The summed E-state index contributed by atoms with van der Waals surface area (Å²) >= 11 is 0. The predicted molar refractivity (Wildman–Crippen MR) is 108 cm³/mol. The Balaban J connectivity index is 1.67. The minimum Gasteiger partial charge on any atom is -0.497 e. The lowest BCUT2D eigenvalue weighted by atomic mass is 10.2. The van der Waals surface area contributed by atoms with E-state index in [9.17, 15) is 17.6 Å². The van der Waals surface area contributed by atoms with Gasteiger partial charge in [-0.2, -0.15) is 0 Å². The lowest BCUT2D eigenvalue weighted by molar-refractivity contribution is 0.0950. The molecule has 0 aliphatic carbocycles. The summed E-state index contributed by atoms with van der Waals surface area (Å²) in [7, 11) is -2.41. The van der Waals surface area contributed by atoms with Gasteiger partial charge in [-0.15, -0.1) is 0 Å². The number of halogens is 1. The van der Waals surface area contributed by atoms with E-state index < -0.39 is 15.8 Å². The van der Waals surface area contributed by atoms with Crippen molar-refractivity contribution in [3.05, 3.63) is 89.7 Å². The van der Waals surface area contributed by atoms with Crippen LogP contribution in [-0.2, 0) is 16.6 Å². The molecule has 0 unspecified atom stereocenters. The van der Waals surface area contributed by atoms with Crippen LogP contribution in [0.25, 0.3) is 0 Å². The second-order valence-corrected chi connectivity index (χ2v) is 7.83. The van der Waals surface area contributed by atoms with Crippen LogP contribution < -0.4 is 14.8 Å². The molecule has 0 aliphatic heterocycles. The molecule has 8 heteroatoms. The zero-order chi connectivity index (χ0) is 20.9. The number of methoxy groups -OCH3 is 1. The molecule has 0 fully saturated rings. The van der Waals surface area contributed by atoms with E-state index in [1.54, 1.807) is 13.2 Å². The monoisotopic (exact) mass is 414 g/mol. The maximum Gasteiger partial charge on any atom is 0.261 e. The zero-order valence-corrected chi connectivity index (χ0v) is 16.4. The molecular weight excluding hydrogens is 395 g/mol. The number of hydrogen-bond donors (Lipinski definition) is 2. The van der Waals surface area contributed by atoms with Gasteiger partial charge in [-0.05, 0) is 54.1 Å². The molecule has 29 heavy (non-hydrogen) atoms. The Hall–Kier alpha value is -3.39. The number of ether oxygens (including phenoxy) is 1. The highest BCUT2D eigenvalue weighted by atomic mass is 32.2. The molecule has 0 aromatic heterocycles. The van der Waals surface area contributed by atoms with E-state index in [4.69, 9.17) is 4.74 Å². The SMILES string of the molecule is COc1cccc(CNC(=O)c2ccc(S(=O)(=O)Nc3ccccc3F)cc2)c1. The van der Waals surface area contributed by atoms with Gasteiger partial charge in [-0.3, -0.25) is 9.52 Å². The smallest absolute Gasteiger partial charge is 0.261 e. The van der Waals surface area contributed by atoms with E-state index in [1.165, 1.54) is 42.5 Å². The maximum absolute atomic E-state index is 13.7. The highest BCUT2D eigenvalue weighted by Crippen LogP contribution is 2.19. The number of benzene rings is 3. The topological polar surface area (TPSA) is 84.5 Å². The first-order valence-electron chi connectivity index (χ1n) is 8.67. The van der Waals surface area contributed by atoms with Crippen LogP contribution in [0.3, 0.4) is 0 Å². The molecule has 0 saturated carbocycles. The molecule has 3 aromatic rings. The van der Waals surface area contributed by atoms with Crippen molar-refractivity contribution in [2.45, 2.75) is 11.4 Å². The molecule has 3 rings (SSSR count). The summed E-state index contributed by atoms with van der Waals surface area (Å²) in [6, 6.07) is 18.2. The molecule has 0 atom stereocenters. The van der Waals surface area contributed by atoms with Gasteiger partial charge in [0.1, 0.15) is 11.6 Å². The zero-order valence-electron chi connectivity index (χ0n) is 15.6. The minimum absolute atomic E-state index is 0.0786. The molecular formula is C21H19FN2O4S. The first kappa shape index (κ1) is 20.3. The van der Waals surface area contributed by atoms with Crippen LogP contribution in [0.1, 0.15) is 15.9 Å². The van der Waals surface area contributed by atoms with E-state index in [0.29, 0.717) is 17.9 Å². The quantitative estimate of drug-likeness (QED) is 0.619. The molecule has 6 nitrogen and oxygen atoms in total. The Kier molecular flexibility index (Phi) is 6.13. The normalized spacial score (nSPS) is 11.0. The molecule has 0 heterocycles.